The summed E-state index contributed by atoms with van der Waals surface area (Å²) in [6.07, 6.45) is 0.158. The van der Waals surface area contributed by atoms with Crippen LogP contribution in [0.2, 0.25) is 0 Å². The van der Waals surface area contributed by atoms with Gasteiger partial charge in [-0.25, -0.2) is 5.11 Å². The number of hydrogen-bond donors (Lipinski definition) is 0. The summed E-state index contributed by atoms with van der Waals surface area (Å²) in [4.78, 5) is 0. The molecule has 0 fully saturated rings. The maximum atomic E-state index is 10.5. The lowest BCUT2D eigenvalue weighted by atomic mass is 9.92. The predicted molar refractivity (Wildman–Crippen MR) is 40.2 cm³/mol. The average Bonchev–Trinajstić information content (AvgIpc) is 1.85. The summed E-state index contributed by atoms with van der Waals surface area (Å²) in [6, 6.07) is 0. The second-order valence-electron chi connectivity index (χ2n) is 3.40. The van der Waals surface area contributed by atoms with E-state index < -0.39 is 6.29 Å². The fourth-order valence-corrected chi connectivity index (χ4v) is 0.445. The minimum Gasteiger partial charge on any atom is -0.349 e. The molecule has 0 aromatic heterocycles. The van der Waals surface area contributed by atoms with Crippen molar-refractivity contribution in [3.63, 3.8) is 0 Å². The second kappa shape index (κ2) is 3.94. The van der Waals surface area contributed by atoms with Crippen molar-refractivity contribution < 1.29 is 9.84 Å². The van der Waals surface area contributed by atoms with Gasteiger partial charge in [-0.05, 0) is 18.8 Å². The van der Waals surface area contributed by atoms with E-state index in [0.29, 0.717) is 6.61 Å². The van der Waals surface area contributed by atoms with Gasteiger partial charge < -0.3 is 4.74 Å². The number of rotatable bonds is 4. The fraction of sp³-hybridized carbons (Fsp3) is 1.00. The van der Waals surface area contributed by atoms with Crippen molar-refractivity contribution in [3.8, 4) is 0 Å². The molecule has 61 valence electrons. The van der Waals surface area contributed by atoms with E-state index in [1.54, 1.807) is 0 Å². The van der Waals surface area contributed by atoms with Crippen molar-refractivity contribution in [1.82, 2.24) is 0 Å². The molecule has 0 aliphatic rings. The quantitative estimate of drug-likeness (QED) is 0.557. The molecule has 0 aliphatic carbocycles. The van der Waals surface area contributed by atoms with Gasteiger partial charge in [-0.1, -0.05) is 20.8 Å². The van der Waals surface area contributed by atoms with Gasteiger partial charge >= 0.3 is 0 Å². The van der Waals surface area contributed by atoms with E-state index in [4.69, 9.17) is 4.74 Å². The Morgan fingerprint density at radius 1 is 1.50 bits per heavy atom. The fourth-order valence-electron chi connectivity index (χ4n) is 0.445. The van der Waals surface area contributed by atoms with Crippen molar-refractivity contribution in [2.45, 2.75) is 40.4 Å². The molecule has 1 radical (unpaired) electrons. The highest BCUT2D eigenvalue weighted by Crippen LogP contribution is 2.19. The minimum absolute atomic E-state index is 0.151. The van der Waals surface area contributed by atoms with Crippen molar-refractivity contribution in [2.75, 3.05) is 6.61 Å². The first kappa shape index (κ1) is 9.92. The van der Waals surface area contributed by atoms with Crippen LogP contribution in [-0.2, 0) is 9.84 Å². The summed E-state index contributed by atoms with van der Waals surface area (Å²) in [6.45, 7) is 8.36. The highest BCUT2D eigenvalue weighted by Gasteiger charge is 2.16. The molecule has 0 saturated carbocycles. The number of ether oxygens (including phenoxy) is 1. The summed E-state index contributed by atoms with van der Waals surface area (Å²) in [7, 11) is 0. The van der Waals surface area contributed by atoms with Crippen LogP contribution in [0.5, 0.6) is 0 Å². The molecular weight excluding hydrogens is 128 g/mol. The summed E-state index contributed by atoms with van der Waals surface area (Å²) < 4.78 is 4.94. The maximum absolute atomic E-state index is 10.5. The average molecular weight is 145 g/mol. The molecule has 1 atom stereocenters. The topological polar surface area (TPSA) is 29.1 Å². The first-order valence-electron chi connectivity index (χ1n) is 3.75. The zero-order valence-corrected chi connectivity index (χ0v) is 7.31. The predicted octanol–water partition coefficient (Wildman–Crippen LogP) is 2.22. The third kappa shape index (κ3) is 4.77. The maximum Gasteiger partial charge on any atom is 0.188 e. The summed E-state index contributed by atoms with van der Waals surface area (Å²) in [5.41, 5.74) is 0.151. The van der Waals surface area contributed by atoms with Crippen LogP contribution in [0.1, 0.15) is 34.1 Å². The molecule has 1 unspecified atom stereocenters. The lowest BCUT2D eigenvalue weighted by molar-refractivity contribution is -0.145. The Morgan fingerprint density at radius 2 is 2.00 bits per heavy atom. The molecule has 0 spiro atoms. The van der Waals surface area contributed by atoms with E-state index in [9.17, 15) is 5.11 Å². The van der Waals surface area contributed by atoms with Crippen molar-refractivity contribution >= 4 is 0 Å². The third-order valence-electron chi connectivity index (χ3n) is 1.67. The van der Waals surface area contributed by atoms with Crippen LogP contribution in [0.4, 0.5) is 0 Å². The van der Waals surface area contributed by atoms with Crippen LogP contribution in [0.25, 0.3) is 0 Å². The van der Waals surface area contributed by atoms with Crippen LogP contribution in [-0.4, -0.2) is 12.9 Å². The molecule has 0 aromatic rings. The SMILES string of the molecule is CCC(C)(C)COC(C)[O]. The van der Waals surface area contributed by atoms with E-state index in [1.807, 2.05) is 0 Å². The van der Waals surface area contributed by atoms with Gasteiger partial charge in [-0.15, -0.1) is 0 Å². The van der Waals surface area contributed by atoms with Crippen molar-refractivity contribution in [3.05, 3.63) is 0 Å². The molecule has 0 amide bonds. The molecule has 0 bridgehead atoms. The van der Waals surface area contributed by atoms with Gasteiger partial charge in [-0.3, -0.25) is 0 Å². The molecule has 10 heavy (non-hydrogen) atoms. The minimum atomic E-state index is -0.883. The molecule has 0 aromatic carbocycles. The van der Waals surface area contributed by atoms with Crippen molar-refractivity contribution in [2.24, 2.45) is 5.41 Å². The van der Waals surface area contributed by atoms with Crippen molar-refractivity contribution in [1.29, 1.82) is 0 Å². The Hall–Kier alpha value is -0.0800. The van der Waals surface area contributed by atoms with E-state index in [1.165, 1.54) is 6.92 Å². The Morgan fingerprint density at radius 3 is 2.30 bits per heavy atom. The smallest absolute Gasteiger partial charge is 0.188 e. The Labute approximate surface area is 63.2 Å². The highest BCUT2D eigenvalue weighted by molar-refractivity contribution is 4.64. The normalized spacial score (nSPS) is 15.3. The molecule has 0 heterocycles. The Bertz CT molecular complexity index is 87.3. The molecule has 2 heteroatoms. The molecule has 2 nitrogen and oxygen atoms in total. The van der Waals surface area contributed by atoms with E-state index in [2.05, 4.69) is 20.8 Å². The lowest BCUT2D eigenvalue weighted by Gasteiger charge is -2.22. The molecule has 0 aliphatic heterocycles. The largest absolute Gasteiger partial charge is 0.349 e. The van der Waals surface area contributed by atoms with Gasteiger partial charge in [0, 0.05) is 0 Å². The van der Waals surface area contributed by atoms with Crippen LogP contribution in [0, 0.1) is 5.41 Å². The van der Waals surface area contributed by atoms with Crippen LogP contribution in [0.3, 0.4) is 0 Å². The first-order valence-corrected chi connectivity index (χ1v) is 3.75. The molecule has 0 N–H and O–H groups in total. The van der Waals surface area contributed by atoms with Gasteiger partial charge in [-0.2, -0.15) is 0 Å². The molecule has 0 saturated heterocycles. The molecule has 0 rings (SSSR count). The second-order valence-corrected chi connectivity index (χ2v) is 3.40. The van der Waals surface area contributed by atoms with Crippen LogP contribution >= 0.6 is 0 Å². The van der Waals surface area contributed by atoms with Gasteiger partial charge in [0.2, 0.25) is 0 Å². The molecular formula is C8H17O2. The zero-order valence-electron chi connectivity index (χ0n) is 7.31. The summed E-state index contributed by atoms with van der Waals surface area (Å²) >= 11 is 0. The zero-order chi connectivity index (χ0) is 8.20. The van der Waals surface area contributed by atoms with Gasteiger partial charge in [0.1, 0.15) is 0 Å². The standard InChI is InChI=1S/C8H17O2/c1-5-8(3,4)6-10-7(2)9/h7H,5-6H2,1-4H3. The number of hydrogen-bond acceptors (Lipinski definition) is 1. The monoisotopic (exact) mass is 145 g/mol. The van der Waals surface area contributed by atoms with Crippen LogP contribution in [0.15, 0.2) is 0 Å². The Kier molecular flexibility index (Phi) is 3.91. The van der Waals surface area contributed by atoms with Gasteiger partial charge in [0.25, 0.3) is 0 Å². The lowest BCUT2D eigenvalue weighted by Crippen LogP contribution is -2.21. The first-order chi connectivity index (χ1) is 4.48. The van der Waals surface area contributed by atoms with Gasteiger partial charge in [0.15, 0.2) is 6.29 Å². The van der Waals surface area contributed by atoms with Crippen LogP contribution < -0.4 is 0 Å². The summed E-state index contributed by atoms with van der Waals surface area (Å²) in [5, 5.41) is 10.5. The summed E-state index contributed by atoms with van der Waals surface area (Å²) in [5.74, 6) is 0. The highest BCUT2D eigenvalue weighted by atomic mass is 16.6. The van der Waals surface area contributed by atoms with E-state index in [0.717, 1.165) is 6.42 Å². The third-order valence-corrected chi connectivity index (χ3v) is 1.67. The van der Waals surface area contributed by atoms with Gasteiger partial charge in [0.05, 0.1) is 6.61 Å². The van der Waals surface area contributed by atoms with E-state index in [-0.39, 0.29) is 5.41 Å². The van der Waals surface area contributed by atoms with E-state index >= 15 is 0 Å². The Balaban J connectivity index is 3.46.